The number of amides is 1. The van der Waals surface area contributed by atoms with Gasteiger partial charge in [0.15, 0.2) is 6.10 Å². The van der Waals surface area contributed by atoms with E-state index >= 15 is 0 Å². The Morgan fingerprint density at radius 2 is 1.65 bits per heavy atom. The molecule has 1 N–H and O–H groups in total. The standard InChI is InChI=1S/C18H21NO4/c1-14(23-17-10-8-15(21-2)9-11-17)18(20)19-12-13-22-16-6-4-3-5-7-16/h3-11,14H,12-13H2,1-2H3,(H,19,20)/t14-/m0/s1. The van der Waals surface area contributed by atoms with Crippen LogP contribution in [0.1, 0.15) is 6.92 Å². The van der Waals surface area contributed by atoms with Crippen LogP contribution in [0.5, 0.6) is 17.2 Å². The van der Waals surface area contributed by atoms with E-state index in [0.29, 0.717) is 18.9 Å². The largest absolute Gasteiger partial charge is 0.497 e. The average Bonchev–Trinajstić information content (AvgIpc) is 2.60. The fourth-order valence-electron chi connectivity index (χ4n) is 1.92. The zero-order valence-electron chi connectivity index (χ0n) is 13.3. The topological polar surface area (TPSA) is 56.8 Å². The van der Waals surface area contributed by atoms with Gasteiger partial charge < -0.3 is 19.5 Å². The first kappa shape index (κ1) is 16.7. The maximum Gasteiger partial charge on any atom is 0.260 e. The molecule has 5 nitrogen and oxygen atoms in total. The molecule has 0 saturated carbocycles. The number of ether oxygens (including phenoxy) is 3. The molecule has 0 saturated heterocycles. The van der Waals surface area contributed by atoms with Crippen molar-refractivity contribution in [2.24, 2.45) is 0 Å². The summed E-state index contributed by atoms with van der Waals surface area (Å²) in [4.78, 5) is 12.0. The highest BCUT2D eigenvalue weighted by molar-refractivity contribution is 5.80. The second-order valence-electron chi connectivity index (χ2n) is 4.89. The molecule has 1 amide bonds. The lowest BCUT2D eigenvalue weighted by atomic mass is 10.3. The molecule has 0 heterocycles. The molecule has 0 bridgehead atoms. The number of carbonyl (C=O) groups is 1. The number of methoxy groups -OCH3 is 1. The summed E-state index contributed by atoms with van der Waals surface area (Å²) in [5.41, 5.74) is 0. The maximum atomic E-state index is 12.0. The number of carbonyl (C=O) groups excluding carboxylic acids is 1. The molecule has 0 aliphatic carbocycles. The molecule has 1 atom stereocenters. The van der Waals surface area contributed by atoms with Crippen LogP contribution in [0, 0.1) is 0 Å². The minimum absolute atomic E-state index is 0.183. The Labute approximate surface area is 136 Å². The lowest BCUT2D eigenvalue weighted by Crippen LogP contribution is -2.38. The Hall–Kier alpha value is -2.69. The number of benzene rings is 2. The van der Waals surface area contributed by atoms with Crippen molar-refractivity contribution in [3.63, 3.8) is 0 Å². The molecular weight excluding hydrogens is 294 g/mol. The number of rotatable bonds is 8. The summed E-state index contributed by atoms with van der Waals surface area (Å²) >= 11 is 0. The molecule has 0 fully saturated rings. The van der Waals surface area contributed by atoms with Gasteiger partial charge in [0.25, 0.3) is 5.91 Å². The highest BCUT2D eigenvalue weighted by Gasteiger charge is 2.14. The molecule has 0 spiro atoms. The molecule has 23 heavy (non-hydrogen) atoms. The van der Waals surface area contributed by atoms with Crippen molar-refractivity contribution in [3.8, 4) is 17.2 Å². The van der Waals surface area contributed by atoms with Crippen LogP contribution in [-0.4, -0.2) is 32.3 Å². The summed E-state index contributed by atoms with van der Waals surface area (Å²) in [6.07, 6.45) is -0.583. The Morgan fingerprint density at radius 3 is 2.30 bits per heavy atom. The van der Waals surface area contributed by atoms with Gasteiger partial charge >= 0.3 is 0 Å². The molecule has 0 unspecified atom stereocenters. The van der Waals surface area contributed by atoms with Gasteiger partial charge in [0, 0.05) is 0 Å². The van der Waals surface area contributed by atoms with Gasteiger partial charge in [-0.15, -0.1) is 0 Å². The van der Waals surface area contributed by atoms with Crippen LogP contribution in [0.3, 0.4) is 0 Å². The number of para-hydroxylation sites is 1. The van der Waals surface area contributed by atoms with E-state index in [-0.39, 0.29) is 5.91 Å². The van der Waals surface area contributed by atoms with Gasteiger partial charge in [-0.1, -0.05) is 18.2 Å². The summed E-state index contributed by atoms with van der Waals surface area (Å²) in [6, 6.07) is 16.6. The average molecular weight is 315 g/mol. The molecule has 5 heteroatoms. The third-order valence-electron chi connectivity index (χ3n) is 3.15. The van der Waals surface area contributed by atoms with Crippen LogP contribution in [0.25, 0.3) is 0 Å². The lowest BCUT2D eigenvalue weighted by molar-refractivity contribution is -0.127. The van der Waals surface area contributed by atoms with Crippen LogP contribution >= 0.6 is 0 Å². The predicted molar refractivity (Wildman–Crippen MR) is 88.0 cm³/mol. The third-order valence-corrected chi connectivity index (χ3v) is 3.15. The van der Waals surface area contributed by atoms with E-state index in [0.717, 1.165) is 11.5 Å². The van der Waals surface area contributed by atoms with Crippen molar-refractivity contribution >= 4 is 5.91 Å². The Morgan fingerprint density at radius 1 is 1.00 bits per heavy atom. The van der Waals surface area contributed by atoms with Gasteiger partial charge in [0.2, 0.25) is 0 Å². The van der Waals surface area contributed by atoms with E-state index in [1.807, 2.05) is 30.3 Å². The Bertz CT molecular complexity index is 598. The summed E-state index contributed by atoms with van der Waals surface area (Å²) in [5, 5.41) is 2.78. The lowest BCUT2D eigenvalue weighted by Gasteiger charge is -2.15. The van der Waals surface area contributed by atoms with Gasteiger partial charge in [-0.3, -0.25) is 4.79 Å². The van der Waals surface area contributed by atoms with Crippen molar-refractivity contribution in [1.29, 1.82) is 0 Å². The minimum atomic E-state index is -0.583. The van der Waals surface area contributed by atoms with Crippen LogP contribution in [0.4, 0.5) is 0 Å². The van der Waals surface area contributed by atoms with E-state index < -0.39 is 6.10 Å². The summed E-state index contributed by atoms with van der Waals surface area (Å²) in [7, 11) is 1.60. The SMILES string of the molecule is COc1ccc(O[C@@H](C)C(=O)NCCOc2ccccc2)cc1. The predicted octanol–water partition coefficient (Wildman–Crippen LogP) is 2.66. The molecule has 0 aliphatic rings. The van der Waals surface area contributed by atoms with Crippen LogP contribution < -0.4 is 19.5 Å². The quantitative estimate of drug-likeness (QED) is 0.761. The monoisotopic (exact) mass is 315 g/mol. The highest BCUT2D eigenvalue weighted by Crippen LogP contribution is 2.18. The van der Waals surface area contributed by atoms with E-state index in [9.17, 15) is 4.79 Å². The summed E-state index contributed by atoms with van der Waals surface area (Å²) < 4.78 is 16.2. The van der Waals surface area contributed by atoms with Gasteiger partial charge in [-0.2, -0.15) is 0 Å². The van der Waals surface area contributed by atoms with Gasteiger partial charge in [-0.25, -0.2) is 0 Å². The first-order chi connectivity index (χ1) is 11.2. The van der Waals surface area contributed by atoms with Crippen molar-refractivity contribution in [2.75, 3.05) is 20.3 Å². The smallest absolute Gasteiger partial charge is 0.260 e. The first-order valence-corrected chi connectivity index (χ1v) is 7.45. The normalized spacial score (nSPS) is 11.4. The summed E-state index contributed by atoms with van der Waals surface area (Å²) in [5.74, 6) is 1.96. The molecule has 2 rings (SSSR count). The zero-order chi connectivity index (χ0) is 16.5. The fourth-order valence-corrected chi connectivity index (χ4v) is 1.92. The number of hydrogen-bond donors (Lipinski definition) is 1. The van der Waals surface area contributed by atoms with Crippen molar-refractivity contribution in [2.45, 2.75) is 13.0 Å². The zero-order valence-corrected chi connectivity index (χ0v) is 13.3. The van der Waals surface area contributed by atoms with Crippen molar-refractivity contribution in [3.05, 3.63) is 54.6 Å². The second kappa shape index (κ2) is 8.68. The molecule has 0 radical (unpaired) electrons. The summed E-state index contributed by atoms with van der Waals surface area (Å²) in [6.45, 7) is 2.53. The van der Waals surface area contributed by atoms with E-state index in [2.05, 4.69) is 5.32 Å². The third kappa shape index (κ3) is 5.54. The molecule has 0 aromatic heterocycles. The molecule has 2 aromatic rings. The number of hydrogen-bond acceptors (Lipinski definition) is 4. The molecule has 122 valence electrons. The van der Waals surface area contributed by atoms with Crippen molar-refractivity contribution < 1.29 is 19.0 Å². The first-order valence-electron chi connectivity index (χ1n) is 7.45. The molecule has 0 aliphatic heterocycles. The van der Waals surface area contributed by atoms with Crippen LogP contribution in [0.2, 0.25) is 0 Å². The fraction of sp³-hybridized carbons (Fsp3) is 0.278. The van der Waals surface area contributed by atoms with Gasteiger partial charge in [0.05, 0.1) is 13.7 Å². The Kier molecular flexibility index (Phi) is 6.29. The van der Waals surface area contributed by atoms with Gasteiger partial charge in [-0.05, 0) is 43.3 Å². The van der Waals surface area contributed by atoms with E-state index in [1.165, 1.54) is 0 Å². The number of nitrogens with one attached hydrogen (secondary N) is 1. The van der Waals surface area contributed by atoms with Crippen LogP contribution in [-0.2, 0) is 4.79 Å². The molecular formula is C18H21NO4. The maximum absolute atomic E-state index is 12.0. The van der Waals surface area contributed by atoms with Gasteiger partial charge in [0.1, 0.15) is 23.9 Å². The molecule has 2 aromatic carbocycles. The highest BCUT2D eigenvalue weighted by atomic mass is 16.5. The minimum Gasteiger partial charge on any atom is -0.497 e. The van der Waals surface area contributed by atoms with E-state index in [4.69, 9.17) is 14.2 Å². The second-order valence-corrected chi connectivity index (χ2v) is 4.89. The Balaban J connectivity index is 1.69. The van der Waals surface area contributed by atoms with E-state index in [1.54, 1.807) is 38.3 Å². The van der Waals surface area contributed by atoms with Crippen LogP contribution in [0.15, 0.2) is 54.6 Å². The van der Waals surface area contributed by atoms with Crippen molar-refractivity contribution in [1.82, 2.24) is 5.32 Å².